The first kappa shape index (κ1) is 14.4. The molecule has 4 nitrogen and oxygen atoms in total. The molecule has 0 radical (unpaired) electrons. The molecule has 0 spiro atoms. The number of ether oxygens (including phenoxy) is 1. The van der Waals surface area contributed by atoms with Gasteiger partial charge in [-0.1, -0.05) is 25.9 Å². The van der Waals surface area contributed by atoms with Gasteiger partial charge in [0, 0.05) is 30.6 Å². The summed E-state index contributed by atoms with van der Waals surface area (Å²) in [5.74, 6) is 0.431. The van der Waals surface area contributed by atoms with Crippen molar-refractivity contribution in [2.45, 2.75) is 65.4 Å². The lowest BCUT2D eigenvalue weighted by molar-refractivity contribution is -0.145. The Morgan fingerprint density at radius 2 is 2.16 bits per heavy atom. The van der Waals surface area contributed by atoms with E-state index < -0.39 is 0 Å². The zero-order valence-electron chi connectivity index (χ0n) is 12.5. The first-order valence-corrected chi connectivity index (χ1v) is 7.28. The lowest BCUT2D eigenvalue weighted by Gasteiger charge is -2.27. The van der Waals surface area contributed by atoms with Crippen LogP contribution in [0, 0.1) is 11.3 Å². The Morgan fingerprint density at radius 1 is 1.47 bits per heavy atom. The number of hydrogen-bond acceptors (Lipinski definition) is 4. The fourth-order valence-corrected chi connectivity index (χ4v) is 2.61. The van der Waals surface area contributed by atoms with Crippen LogP contribution < -0.4 is 0 Å². The highest BCUT2D eigenvalue weighted by atomic mass is 16.7. The van der Waals surface area contributed by atoms with Crippen molar-refractivity contribution in [3.8, 4) is 0 Å². The highest BCUT2D eigenvalue weighted by Gasteiger charge is 2.52. The molecular weight excluding hydrogens is 242 g/mol. The monoisotopic (exact) mass is 267 g/mol. The van der Waals surface area contributed by atoms with Gasteiger partial charge in [0.25, 0.3) is 0 Å². The fraction of sp³-hybridized carbons (Fsp3) is 0.867. The minimum Gasteiger partial charge on any atom is -0.466 e. The van der Waals surface area contributed by atoms with Crippen LogP contribution in [-0.2, 0) is 14.4 Å². The average molecular weight is 267 g/mol. The average Bonchev–Trinajstić information content (AvgIpc) is 3.07. The van der Waals surface area contributed by atoms with Crippen molar-refractivity contribution in [1.82, 2.24) is 0 Å². The van der Waals surface area contributed by atoms with Crippen molar-refractivity contribution in [2.75, 3.05) is 6.61 Å². The summed E-state index contributed by atoms with van der Waals surface area (Å²) < 4.78 is 5.01. The van der Waals surface area contributed by atoms with Crippen molar-refractivity contribution in [3.05, 3.63) is 0 Å². The Bertz CT molecular complexity index is 379. The Hall–Kier alpha value is -1.06. The molecule has 1 heterocycles. The van der Waals surface area contributed by atoms with Gasteiger partial charge in [-0.15, -0.1) is 0 Å². The van der Waals surface area contributed by atoms with E-state index in [1.54, 1.807) is 0 Å². The topological polar surface area (TPSA) is 47.9 Å². The first-order chi connectivity index (χ1) is 8.87. The van der Waals surface area contributed by atoms with Crippen LogP contribution in [0.2, 0.25) is 0 Å². The molecule has 0 N–H and O–H groups in total. The second-order valence-corrected chi connectivity index (χ2v) is 6.70. The highest BCUT2D eigenvalue weighted by molar-refractivity contribution is 5.90. The standard InChI is InChI=1S/C15H25NO3/c1-5-18-13(17)8-9-15(11-6-7-11)10-12(16-19-15)14(2,3)4/h11H,5-10H2,1-4H3. The molecular formula is C15H25NO3. The van der Waals surface area contributed by atoms with Crippen LogP contribution in [-0.4, -0.2) is 23.9 Å². The highest BCUT2D eigenvalue weighted by Crippen LogP contribution is 2.50. The van der Waals surface area contributed by atoms with Crippen LogP contribution in [0.3, 0.4) is 0 Å². The molecule has 19 heavy (non-hydrogen) atoms. The molecule has 4 heteroatoms. The summed E-state index contributed by atoms with van der Waals surface area (Å²) in [6.07, 6.45) is 4.39. The van der Waals surface area contributed by atoms with Gasteiger partial charge in [-0.05, 0) is 19.8 Å². The van der Waals surface area contributed by atoms with Gasteiger partial charge in [-0.25, -0.2) is 0 Å². The normalized spacial score (nSPS) is 26.8. The van der Waals surface area contributed by atoms with Crippen LogP contribution in [0.15, 0.2) is 5.16 Å². The molecule has 2 rings (SSSR count). The fourth-order valence-electron chi connectivity index (χ4n) is 2.61. The van der Waals surface area contributed by atoms with E-state index in [9.17, 15) is 4.79 Å². The predicted molar refractivity (Wildman–Crippen MR) is 73.9 cm³/mol. The molecule has 2 aliphatic rings. The third kappa shape index (κ3) is 3.28. The van der Waals surface area contributed by atoms with E-state index in [0.717, 1.165) is 18.6 Å². The summed E-state index contributed by atoms with van der Waals surface area (Å²) in [4.78, 5) is 17.4. The largest absolute Gasteiger partial charge is 0.466 e. The molecule has 1 aliphatic heterocycles. The molecule has 0 aromatic rings. The van der Waals surface area contributed by atoms with E-state index in [1.807, 2.05) is 6.92 Å². The smallest absolute Gasteiger partial charge is 0.305 e. The zero-order chi connectivity index (χ0) is 14.1. The molecule has 0 aromatic heterocycles. The minimum absolute atomic E-state index is 0.0422. The Morgan fingerprint density at radius 3 is 2.63 bits per heavy atom. The van der Waals surface area contributed by atoms with Gasteiger partial charge >= 0.3 is 5.97 Å². The van der Waals surface area contributed by atoms with E-state index in [-0.39, 0.29) is 17.0 Å². The van der Waals surface area contributed by atoms with Gasteiger partial charge in [-0.3, -0.25) is 4.79 Å². The summed E-state index contributed by atoms with van der Waals surface area (Å²) in [5, 5.41) is 4.31. The van der Waals surface area contributed by atoms with Gasteiger partial charge in [0.05, 0.1) is 12.3 Å². The molecule has 0 bridgehead atoms. The molecule has 1 aliphatic carbocycles. The molecule has 1 saturated carbocycles. The molecule has 0 amide bonds. The third-order valence-electron chi connectivity index (χ3n) is 4.05. The number of carbonyl (C=O) groups is 1. The van der Waals surface area contributed by atoms with E-state index in [4.69, 9.17) is 9.57 Å². The van der Waals surface area contributed by atoms with Crippen molar-refractivity contribution < 1.29 is 14.4 Å². The zero-order valence-corrected chi connectivity index (χ0v) is 12.5. The lowest BCUT2D eigenvalue weighted by atomic mass is 9.79. The third-order valence-corrected chi connectivity index (χ3v) is 4.05. The summed E-state index contributed by atoms with van der Waals surface area (Å²) in [7, 11) is 0. The van der Waals surface area contributed by atoms with Crippen LogP contribution in [0.4, 0.5) is 0 Å². The van der Waals surface area contributed by atoms with Gasteiger partial charge in [0.15, 0.2) is 0 Å². The van der Waals surface area contributed by atoms with E-state index in [1.165, 1.54) is 12.8 Å². The van der Waals surface area contributed by atoms with Gasteiger partial charge < -0.3 is 9.57 Å². The summed E-state index contributed by atoms with van der Waals surface area (Å²) in [5.41, 5.74) is 0.916. The summed E-state index contributed by atoms with van der Waals surface area (Å²) >= 11 is 0. The SMILES string of the molecule is CCOC(=O)CCC1(C2CC2)CC(C(C)(C)C)=NO1. The second-order valence-electron chi connectivity index (χ2n) is 6.70. The van der Waals surface area contributed by atoms with E-state index in [2.05, 4.69) is 25.9 Å². The van der Waals surface area contributed by atoms with E-state index >= 15 is 0 Å². The quantitative estimate of drug-likeness (QED) is 0.718. The molecule has 1 fully saturated rings. The number of hydrogen-bond donors (Lipinski definition) is 0. The first-order valence-electron chi connectivity index (χ1n) is 7.28. The molecule has 1 unspecified atom stereocenters. The number of rotatable bonds is 5. The lowest BCUT2D eigenvalue weighted by Crippen LogP contribution is -2.34. The van der Waals surface area contributed by atoms with Gasteiger partial charge in [0.1, 0.15) is 5.60 Å². The van der Waals surface area contributed by atoms with Crippen molar-refractivity contribution in [3.63, 3.8) is 0 Å². The Balaban J connectivity index is 1.96. The van der Waals surface area contributed by atoms with Crippen LogP contribution in [0.25, 0.3) is 0 Å². The number of esters is 1. The second kappa shape index (κ2) is 5.14. The maximum atomic E-state index is 11.5. The van der Waals surface area contributed by atoms with Crippen LogP contribution >= 0.6 is 0 Å². The molecule has 108 valence electrons. The Labute approximate surface area is 115 Å². The van der Waals surface area contributed by atoms with Crippen LogP contribution in [0.5, 0.6) is 0 Å². The summed E-state index contributed by atoms with van der Waals surface area (Å²) in [6.45, 7) is 8.75. The number of nitrogens with zero attached hydrogens (tertiary/aromatic N) is 1. The molecule has 1 atom stereocenters. The molecule has 0 aromatic carbocycles. The van der Waals surface area contributed by atoms with Gasteiger partial charge in [-0.2, -0.15) is 0 Å². The number of carbonyl (C=O) groups excluding carboxylic acids is 1. The number of oxime groups is 1. The van der Waals surface area contributed by atoms with Crippen LogP contribution in [0.1, 0.15) is 59.8 Å². The Kier molecular flexibility index (Phi) is 3.88. The van der Waals surface area contributed by atoms with Crippen molar-refractivity contribution in [1.29, 1.82) is 0 Å². The minimum atomic E-state index is -0.241. The maximum Gasteiger partial charge on any atom is 0.305 e. The van der Waals surface area contributed by atoms with Gasteiger partial charge in [0.2, 0.25) is 0 Å². The molecule has 0 saturated heterocycles. The van der Waals surface area contributed by atoms with Crippen molar-refractivity contribution >= 4 is 11.7 Å². The van der Waals surface area contributed by atoms with E-state index in [0.29, 0.717) is 18.9 Å². The summed E-state index contributed by atoms with van der Waals surface area (Å²) in [6, 6.07) is 0. The van der Waals surface area contributed by atoms with Crippen molar-refractivity contribution in [2.24, 2.45) is 16.5 Å². The predicted octanol–water partition coefficient (Wildman–Crippen LogP) is 3.30. The maximum absolute atomic E-state index is 11.5.